The summed E-state index contributed by atoms with van der Waals surface area (Å²) in [5.74, 6) is 0. The maximum Gasteiger partial charge on any atom is 0.0591 e. The predicted molar refractivity (Wildman–Crippen MR) is 105 cm³/mol. The van der Waals surface area contributed by atoms with Crippen LogP contribution in [0.4, 0.5) is 0 Å². The number of hydrogen-bond acceptors (Lipinski definition) is 1. The molecule has 128 valence electrons. The van der Waals surface area contributed by atoms with E-state index in [4.69, 9.17) is 0 Å². The van der Waals surface area contributed by atoms with E-state index in [2.05, 4.69) is 67.6 Å². The number of unbranched alkanes of at least 4 members (excludes halogenated alkanes) is 2. The molecule has 2 aromatic carbocycles. The molecule has 0 saturated carbocycles. The quantitative estimate of drug-likeness (QED) is 0.458. The van der Waals surface area contributed by atoms with E-state index in [0.717, 1.165) is 19.3 Å². The molecule has 0 saturated heterocycles. The van der Waals surface area contributed by atoms with Crippen molar-refractivity contribution in [2.45, 2.75) is 58.5 Å². The summed E-state index contributed by atoms with van der Waals surface area (Å²) in [6.07, 6.45) is 7.70. The van der Waals surface area contributed by atoms with Gasteiger partial charge in [0.2, 0.25) is 0 Å². The average molecular weight is 322 g/mol. The monoisotopic (exact) mass is 322 g/mol. The van der Waals surface area contributed by atoms with Crippen molar-refractivity contribution in [3.63, 3.8) is 0 Å². The number of aliphatic hydroxyl groups is 1. The molecule has 1 nitrogen and oxygen atoms in total. The molecule has 0 fully saturated rings. The van der Waals surface area contributed by atoms with E-state index in [9.17, 15) is 5.11 Å². The second-order valence-electron chi connectivity index (χ2n) is 7.31. The Bertz CT molecular complexity index is 647. The maximum atomic E-state index is 9.74. The lowest BCUT2D eigenvalue weighted by atomic mass is 9.98. The summed E-state index contributed by atoms with van der Waals surface area (Å²) in [6, 6.07) is 19.3. The summed E-state index contributed by atoms with van der Waals surface area (Å²) >= 11 is 0. The second kappa shape index (κ2) is 8.84. The lowest BCUT2D eigenvalue weighted by Gasteiger charge is -2.16. The Hall–Kier alpha value is -1.86. The van der Waals surface area contributed by atoms with Crippen LogP contribution in [0.2, 0.25) is 0 Å². The summed E-state index contributed by atoms with van der Waals surface area (Å²) in [6.45, 7) is 5.94. The van der Waals surface area contributed by atoms with Gasteiger partial charge >= 0.3 is 0 Å². The van der Waals surface area contributed by atoms with Crippen LogP contribution >= 0.6 is 0 Å². The molecule has 0 aliphatic carbocycles. The highest BCUT2D eigenvalue weighted by Crippen LogP contribution is 2.19. The molecule has 0 unspecified atom stereocenters. The van der Waals surface area contributed by atoms with Gasteiger partial charge in [-0.2, -0.15) is 0 Å². The zero-order valence-corrected chi connectivity index (χ0v) is 15.3. The Morgan fingerprint density at radius 3 is 2.42 bits per heavy atom. The Morgan fingerprint density at radius 1 is 0.958 bits per heavy atom. The highest BCUT2D eigenvalue weighted by atomic mass is 16.3. The molecule has 0 heterocycles. The van der Waals surface area contributed by atoms with Gasteiger partial charge < -0.3 is 5.11 Å². The lowest BCUT2D eigenvalue weighted by molar-refractivity contribution is 0.0681. The first-order chi connectivity index (χ1) is 11.4. The zero-order valence-electron chi connectivity index (χ0n) is 15.3. The van der Waals surface area contributed by atoms with Crippen LogP contribution in [0, 0.1) is 0 Å². The van der Waals surface area contributed by atoms with Crippen LogP contribution < -0.4 is 0 Å². The fourth-order valence-electron chi connectivity index (χ4n) is 2.94. The van der Waals surface area contributed by atoms with Gasteiger partial charge in [-0.3, -0.25) is 0 Å². The molecule has 0 spiro atoms. The first-order valence-corrected chi connectivity index (χ1v) is 8.99. The summed E-state index contributed by atoms with van der Waals surface area (Å²) in [5.41, 5.74) is 4.70. The standard InChI is InChI=1S/C23H30O/c1-19(22-14-7-4-8-15-22)17-21-13-10-12-20(18-21)11-6-5-9-16-23(2,3)24/h4,7-8,10,12-15,17-18,24H,5-6,9,11,16H2,1-3H3. The van der Waals surface area contributed by atoms with E-state index in [1.54, 1.807) is 0 Å². The van der Waals surface area contributed by atoms with Gasteiger partial charge in [-0.25, -0.2) is 0 Å². The molecule has 0 aromatic heterocycles. The maximum absolute atomic E-state index is 9.74. The topological polar surface area (TPSA) is 20.2 Å². The molecule has 1 heteroatoms. The molecular weight excluding hydrogens is 292 g/mol. The highest BCUT2D eigenvalue weighted by molar-refractivity contribution is 5.80. The number of rotatable bonds is 8. The Labute approximate surface area is 147 Å². The molecule has 24 heavy (non-hydrogen) atoms. The fourth-order valence-corrected chi connectivity index (χ4v) is 2.94. The van der Waals surface area contributed by atoms with E-state index in [0.29, 0.717) is 0 Å². The minimum absolute atomic E-state index is 0.528. The van der Waals surface area contributed by atoms with Gasteiger partial charge in [0.05, 0.1) is 5.60 Å². The van der Waals surface area contributed by atoms with Crippen LogP contribution in [0.1, 0.15) is 63.1 Å². The number of hydrogen-bond donors (Lipinski definition) is 1. The van der Waals surface area contributed by atoms with E-state index >= 15 is 0 Å². The van der Waals surface area contributed by atoms with Gasteiger partial charge in [0, 0.05) is 0 Å². The number of aryl methyl sites for hydroxylation is 1. The Kier molecular flexibility index (Phi) is 6.81. The van der Waals surface area contributed by atoms with Crippen molar-refractivity contribution in [1.82, 2.24) is 0 Å². The summed E-state index contributed by atoms with van der Waals surface area (Å²) in [7, 11) is 0. The average Bonchev–Trinajstić information content (AvgIpc) is 2.54. The minimum Gasteiger partial charge on any atom is -0.390 e. The van der Waals surface area contributed by atoms with Crippen molar-refractivity contribution < 1.29 is 5.11 Å². The van der Waals surface area contributed by atoms with E-state index in [1.165, 1.54) is 35.1 Å². The third-order valence-electron chi connectivity index (χ3n) is 4.32. The van der Waals surface area contributed by atoms with Crippen LogP contribution in [-0.4, -0.2) is 10.7 Å². The zero-order chi connectivity index (χ0) is 17.4. The number of benzene rings is 2. The molecule has 0 aliphatic heterocycles. The van der Waals surface area contributed by atoms with Gasteiger partial charge in [0.1, 0.15) is 0 Å². The number of allylic oxidation sites excluding steroid dienone is 1. The van der Waals surface area contributed by atoms with Gasteiger partial charge in [-0.15, -0.1) is 0 Å². The molecule has 0 atom stereocenters. The molecule has 2 aromatic rings. The molecule has 0 aliphatic rings. The Morgan fingerprint density at radius 2 is 1.71 bits per heavy atom. The minimum atomic E-state index is -0.528. The van der Waals surface area contributed by atoms with Crippen LogP contribution in [0.15, 0.2) is 54.6 Å². The molecule has 0 radical (unpaired) electrons. The molecule has 2 rings (SSSR count). The van der Waals surface area contributed by atoms with Gasteiger partial charge in [-0.05, 0) is 62.3 Å². The van der Waals surface area contributed by atoms with Crippen molar-refractivity contribution in [3.05, 3.63) is 71.3 Å². The third-order valence-corrected chi connectivity index (χ3v) is 4.32. The van der Waals surface area contributed by atoms with Gasteiger partial charge in [0.25, 0.3) is 0 Å². The third kappa shape index (κ3) is 6.72. The van der Waals surface area contributed by atoms with Crippen LogP contribution in [0.5, 0.6) is 0 Å². The molecule has 0 bridgehead atoms. The van der Waals surface area contributed by atoms with Gasteiger partial charge in [0.15, 0.2) is 0 Å². The lowest BCUT2D eigenvalue weighted by Crippen LogP contribution is -2.17. The normalized spacial score (nSPS) is 12.4. The SMILES string of the molecule is CC(=Cc1cccc(CCCCCC(C)(C)O)c1)c1ccccc1. The van der Waals surface area contributed by atoms with Crippen molar-refractivity contribution in [1.29, 1.82) is 0 Å². The molecule has 1 N–H and O–H groups in total. The van der Waals surface area contributed by atoms with Gasteiger partial charge in [-0.1, -0.05) is 73.5 Å². The van der Waals surface area contributed by atoms with Crippen molar-refractivity contribution in [2.75, 3.05) is 0 Å². The summed E-state index contributed by atoms with van der Waals surface area (Å²) < 4.78 is 0. The first kappa shape index (κ1) is 18.5. The second-order valence-corrected chi connectivity index (χ2v) is 7.31. The molecule has 0 amide bonds. The van der Waals surface area contributed by atoms with Crippen LogP contribution in [-0.2, 0) is 6.42 Å². The van der Waals surface area contributed by atoms with Crippen LogP contribution in [0.25, 0.3) is 11.6 Å². The van der Waals surface area contributed by atoms with Crippen LogP contribution in [0.3, 0.4) is 0 Å². The fraction of sp³-hybridized carbons (Fsp3) is 0.391. The smallest absolute Gasteiger partial charge is 0.0591 e. The van der Waals surface area contributed by atoms with Crippen molar-refractivity contribution >= 4 is 11.6 Å². The first-order valence-electron chi connectivity index (χ1n) is 8.99. The Balaban J connectivity index is 1.90. The molecular formula is C23H30O. The largest absolute Gasteiger partial charge is 0.390 e. The summed E-state index contributed by atoms with van der Waals surface area (Å²) in [5, 5.41) is 9.74. The highest BCUT2D eigenvalue weighted by Gasteiger charge is 2.10. The van der Waals surface area contributed by atoms with Crippen molar-refractivity contribution in [2.24, 2.45) is 0 Å². The van der Waals surface area contributed by atoms with Crippen molar-refractivity contribution in [3.8, 4) is 0 Å². The summed E-state index contributed by atoms with van der Waals surface area (Å²) in [4.78, 5) is 0. The van der Waals surface area contributed by atoms with E-state index in [-0.39, 0.29) is 0 Å². The van der Waals surface area contributed by atoms with E-state index < -0.39 is 5.60 Å². The van der Waals surface area contributed by atoms with E-state index in [1.807, 2.05) is 13.8 Å². The predicted octanol–water partition coefficient (Wildman–Crippen LogP) is 6.12.